The van der Waals surface area contributed by atoms with Crippen LogP contribution in [0, 0.1) is 3.57 Å². The molecule has 5 heteroatoms. The topological polar surface area (TPSA) is 43.4 Å². The third kappa shape index (κ3) is 2.67. The van der Waals surface area contributed by atoms with E-state index >= 15 is 0 Å². The standard InChI is InChI=1S/C13H11IO3S/c1-17-11-4-8-13(9-5-11)18(15,16)12-6-2-10(14)3-7-12/h2-9H,1H3. The molecule has 0 fully saturated rings. The highest BCUT2D eigenvalue weighted by Crippen LogP contribution is 2.23. The Hall–Kier alpha value is -1.08. The lowest BCUT2D eigenvalue weighted by molar-refractivity contribution is 0.414. The van der Waals surface area contributed by atoms with Crippen LogP contribution in [0.25, 0.3) is 0 Å². The Balaban J connectivity index is 2.44. The van der Waals surface area contributed by atoms with E-state index in [1.807, 2.05) is 0 Å². The number of rotatable bonds is 3. The predicted molar refractivity (Wildman–Crippen MR) is 77.6 cm³/mol. The van der Waals surface area contributed by atoms with Crippen molar-refractivity contribution in [3.05, 3.63) is 52.1 Å². The fraction of sp³-hybridized carbons (Fsp3) is 0.0769. The molecule has 2 aromatic carbocycles. The molecule has 0 saturated heterocycles. The van der Waals surface area contributed by atoms with Gasteiger partial charge in [-0.15, -0.1) is 0 Å². The molecule has 3 nitrogen and oxygen atoms in total. The highest BCUT2D eigenvalue weighted by Gasteiger charge is 2.17. The maximum atomic E-state index is 12.3. The summed E-state index contributed by atoms with van der Waals surface area (Å²) in [4.78, 5) is 0.567. The highest BCUT2D eigenvalue weighted by atomic mass is 127. The van der Waals surface area contributed by atoms with Crippen LogP contribution in [-0.2, 0) is 9.84 Å². The second-order valence-corrected chi connectivity index (χ2v) is 6.83. The molecule has 0 radical (unpaired) electrons. The summed E-state index contributed by atoms with van der Waals surface area (Å²) < 4.78 is 30.6. The van der Waals surface area contributed by atoms with Gasteiger partial charge in [-0.1, -0.05) is 0 Å². The van der Waals surface area contributed by atoms with Gasteiger partial charge in [-0.2, -0.15) is 0 Å². The molecule has 0 saturated carbocycles. The lowest BCUT2D eigenvalue weighted by Gasteiger charge is -2.05. The summed E-state index contributed by atoms with van der Waals surface area (Å²) in [7, 11) is -1.90. The van der Waals surface area contributed by atoms with Crippen molar-refractivity contribution in [2.75, 3.05) is 7.11 Å². The number of hydrogen-bond acceptors (Lipinski definition) is 3. The Labute approximate surface area is 120 Å². The first-order valence-electron chi connectivity index (χ1n) is 5.19. The molecule has 0 N–H and O–H groups in total. The minimum absolute atomic E-state index is 0.268. The van der Waals surface area contributed by atoms with Gasteiger partial charge in [0, 0.05) is 3.57 Å². The predicted octanol–water partition coefficient (Wildman–Crippen LogP) is 3.13. The number of halogens is 1. The van der Waals surface area contributed by atoms with Gasteiger partial charge in [0.2, 0.25) is 9.84 Å². The van der Waals surface area contributed by atoms with Gasteiger partial charge >= 0.3 is 0 Å². The lowest BCUT2D eigenvalue weighted by Crippen LogP contribution is -2.01. The summed E-state index contributed by atoms with van der Waals surface area (Å²) >= 11 is 2.14. The third-order valence-corrected chi connectivity index (χ3v) is 5.00. The van der Waals surface area contributed by atoms with Crippen LogP contribution in [0.15, 0.2) is 58.3 Å². The molecule has 0 unspecified atom stereocenters. The summed E-state index contributed by atoms with van der Waals surface area (Å²) in [5.74, 6) is 0.636. The Morgan fingerprint density at radius 3 is 1.78 bits per heavy atom. The molecule has 0 aliphatic heterocycles. The number of hydrogen-bond donors (Lipinski definition) is 0. The van der Waals surface area contributed by atoms with Gasteiger partial charge in [0.05, 0.1) is 16.9 Å². The largest absolute Gasteiger partial charge is 0.497 e. The van der Waals surface area contributed by atoms with E-state index in [2.05, 4.69) is 22.6 Å². The van der Waals surface area contributed by atoms with Crippen molar-refractivity contribution in [3.63, 3.8) is 0 Å². The summed E-state index contributed by atoms with van der Waals surface area (Å²) in [6, 6.07) is 13.1. The van der Waals surface area contributed by atoms with Crippen LogP contribution in [0.1, 0.15) is 0 Å². The molecule has 0 atom stereocenters. The van der Waals surface area contributed by atoms with Gasteiger partial charge in [-0.25, -0.2) is 8.42 Å². The summed E-state index contributed by atoms with van der Waals surface area (Å²) in [5, 5.41) is 0. The monoisotopic (exact) mass is 374 g/mol. The van der Waals surface area contributed by atoms with Crippen LogP contribution in [0.5, 0.6) is 5.75 Å². The smallest absolute Gasteiger partial charge is 0.206 e. The van der Waals surface area contributed by atoms with Crippen molar-refractivity contribution in [3.8, 4) is 5.75 Å². The van der Waals surface area contributed by atoms with Crippen molar-refractivity contribution in [1.82, 2.24) is 0 Å². The van der Waals surface area contributed by atoms with E-state index in [4.69, 9.17) is 4.74 Å². The Morgan fingerprint density at radius 1 is 0.889 bits per heavy atom. The van der Waals surface area contributed by atoms with Crippen molar-refractivity contribution >= 4 is 32.4 Å². The molecule has 2 rings (SSSR count). The molecule has 0 heterocycles. The van der Waals surface area contributed by atoms with E-state index < -0.39 is 9.84 Å². The second kappa shape index (κ2) is 5.27. The molecule has 0 aliphatic rings. The van der Waals surface area contributed by atoms with Crippen LogP contribution in [0.4, 0.5) is 0 Å². The van der Waals surface area contributed by atoms with Gasteiger partial charge in [0.15, 0.2) is 0 Å². The average molecular weight is 374 g/mol. The van der Waals surface area contributed by atoms with E-state index in [-0.39, 0.29) is 4.90 Å². The zero-order valence-electron chi connectivity index (χ0n) is 9.63. The molecule has 0 bridgehead atoms. The van der Waals surface area contributed by atoms with Gasteiger partial charge in [-0.05, 0) is 71.1 Å². The quantitative estimate of drug-likeness (QED) is 0.776. The number of methoxy groups -OCH3 is 1. The first kappa shape index (κ1) is 13.4. The van der Waals surface area contributed by atoms with Crippen LogP contribution >= 0.6 is 22.6 Å². The Bertz CT molecular complexity index is 631. The first-order chi connectivity index (χ1) is 8.54. The van der Waals surface area contributed by atoms with Crippen LogP contribution in [0.2, 0.25) is 0 Å². The van der Waals surface area contributed by atoms with Crippen LogP contribution < -0.4 is 4.74 Å². The number of ether oxygens (including phenoxy) is 1. The molecule has 94 valence electrons. The van der Waals surface area contributed by atoms with E-state index in [1.54, 1.807) is 55.6 Å². The second-order valence-electron chi connectivity index (χ2n) is 3.63. The minimum atomic E-state index is -3.44. The molecule has 0 spiro atoms. The maximum Gasteiger partial charge on any atom is 0.206 e. The normalized spacial score (nSPS) is 11.2. The minimum Gasteiger partial charge on any atom is -0.497 e. The SMILES string of the molecule is COc1ccc(S(=O)(=O)c2ccc(I)cc2)cc1. The molecule has 18 heavy (non-hydrogen) atoms. The van der Waals surface area contributed by atoms with Crippen LogP contribution in [0.3, 0.4) is 0 Å². The zero-order valence-corrected chi connectivity index (χ0v) is 12.6. The summed E-state index contributed by atoms with van der Waals surface area (Å²) in [6.07, 6.45) is 0. The summed E-state index contributed by atoms with van der Waals surface area (Å²) in [6.45, 7) is 0. The van der Waals surface area contributed by atoms with Crippen molar-refractivity contribution < 1.29 is 13.2 Å². The van der Waals surface area contributed by atoms with Crippen LogP contribution in [-0.4, -0.2) is 15.5 Å². The molecular formula is C13H11IO3S. The molecule has 0 aliphatic carbocycles. The molecule has 0 amide bonds. The van der Waals surface area contributed by atoms with Gasteiger partial charge in [-0.3, -0.25) is 0 Å². The van der Waals surface area contributed by atoms with Crippen molar-refractivity contribution in [2.24, 2.45) is 0 Å². The van der Waals surface area contributed by atoms with E-state index in [0.717, 1.165) is 3.57 Å². The summed E-state index contributed by atoms with van der Waals surface area (Å²) in [5.41, 5.74) is 0. The molecule has 2 aromatic rings. The van der Waals surface area contributed by atoms with Gasteiger partial charge in [0.1, 0.15) is 5.75 Å². The van der Waals surface area contributed by atoms with E-state index in [9.17, 15) is 8.42 Å². The van der Waals surface area contributed by atoms with E-state index in [1.165, 1.54) is 0 Å². The Morgan fingerprint density at radius 2 is 1.33 bits per heavy atom. The lowest BCUT2D eigenvalue weighted by atomic mass is 10.3. The zero-order chi connectivity index (χ0) is 13.2. The Kier molecular flexibility index (Phi) is 3.91. The van der Waals surface area contributed by atoms with Gasteiger partial charge in [0.25, 0.3) is 0 Å². The third-order valence-electron chi connectivity index (χ3n) is 2.49. The van der Waals surface area contributed by atoms with Crippen molar-refractivity contribution in [1.29, 1.82) is 0 Å². The fourth-order valence-corrected chi connectivity index (χ4v) is 3.13. The highest BCUT2D eigenvalue weighted by molar-refractivity contribution is 14.1. The first-order valence-corrected chi connectivity index (χ1v) is 7.75. The van der Waals surface area contributed by atoms with Gasteiger partial charge < -0.3 is 4.74 Å². The fourth-order valence-electron chi connectivity index (χ4n) is 1.50. The average Bonchev–Trinajstić information content (AvgIpc) is 2.39. The van der Waals surface area contributed by atoms with Crippen molar-refractivity contribution in [2.45, 2.75) is 9.79 Å². The molecule has 0 aromatic heterocycles. The maximum absolute atomic E-state index is 12.3. The number of sulfone groups is 1. The van der Waals surface area contributed by atoms with E-state index in [0.29, 0.717) is 10.6 Å². The molecular weight excluding hydrogens is 363 g/mol. The number of benzene rings is 2.